The van der Waals surface area contributed by atoms with Crippen LogP contribution in [0.5, 0.6) is 0 Å². The third-order valence-electron chi connectivity index (χ3n) is 6.22. The van der Waals surface area contributed by atoms with Gasteiger partial charge < -0.3 is 15.0 Å². The highest BCUT2D eigenvalue weighted by Gasteiger charge is 2.39. The molecule has 3 aromatic rings. The van der Waals surface area contributed by atoms with Crippen molar-refractivity contribution in [2.75, 3.05) is 6.54 Å². The molecule has 164 valence electrons. The third-order valence-corrected chi connectivity index (χ3v) is 7.35. The zero-order valence-corrected chi connectivity index (χ0v) is 19.5. The van der Waals surface area contributed by atoms with Crippen molar-refractivity contribution < 1.29 is 9.90 Å². The number of rotatable bonds is 5. The van der Waals surface area contributed by atoms with Crippen LogP contribution in [-0.2, 0) is 4.79 Å². The summed E-state index contributed by atoms with van der Waals surface area (Å²) in [5.74, 6) is 0.971. The molecule has 7 heteroatoms. The lowest BCUT2D eigenvalue weighted by molar-refractivity contribution is -0.137. The minimum atomic E-state index is -0.521. The number of aliphatic hydroxyl groups excluding tert-OH is 1. The summed E-state index contributed by atoms with van der Waals surface area (Å²) in [5, 5.41) is 11.3. The van der Waals surface area contributed by atoms with Crippen LogP contribution in [0, 0.1) is 25.7 Å². The molecule has 3 heterocycles. The maximum absolute atomic E-state index is 13.0. The molecule has 0 saturated carbocycles. The number of thiazole rings is 1. The zero-order valence-electron chi connectivity index (χ0n) is 18.7. The number of β-amino-alcohol motifs (C(OH)–C–C–N with tert-alkyl or cyclic N) is 1. The van der Waals surface area contributed by atoms with Crippen molar-refractivity contribution in [2.45, 2.75) is 53.2 Å². The highest BCUT2D eigenvalue weighted by atomic mass is 32.1. The van der Waals surface area contributed by atoms with Crippen LogP contribution < -0.4 is 0 Å². The van der Waals surface area contributed by atoms with Crippen LogP contribution in [0.15, 0.2) is 30.5 Å². The Morgan fingerprint density at radius 2 is 1.87 bits per heavy atom. The first-order valence-electron chi connectivity index (χ1n) is 10.8. The summed E-state index contributed by atoms with van der Waals surface area (Å²) >= 11 is 1.70. The number of nitrogens with one attached hydrogen (secondary N) is 1. The van der Waals surface area contributed by atoms with E-state index in [0.717, 1.165) is 33.3 Å². The van der Waals surface area contributed by atoms with Gasteiger partial charge in [0.2, 0.25) is 5.91 Å². The van der Waals surface area contributed by atoms with Gasteiger partial charge in [-0.15, -0.1) is 11.3 Å². The molecule has 2 N–H and O–H groups in total. The summed E-state index contributed by atoms with van der Waals surface area (Å²) in [6.07, 6.45) is 1.80. The molecule has 0 aliphatic carbocycles. The van der Waals surface area contributed by atoms with Crippen molar-refractivity contribution in [2.24, 2.45) is 11.8 Å². The molecule has 1 amide bonds. The van der Waals surface area contributed by atoms with E-state index in [1.165, 1.54) is 4.88 Å². The molecule has 1 aromatic carbocycles. The van der Waals surface area contributed by atoms with Crippen molar-refractivity contribution in [3.8, 4) is 21.7 Å². The second-order valence-corrected chi connectivity index (χ2v) is 10.0. The van der Waals surface area contributed by atoms with E-state index < -0.39 is 6.10 Å². The van der Waals surface area contributed by atoms with E-state index in [-0.39, 0.29) is 23.8 Å². The quantitative estimate of drug-likeness (QED) is 0.603. The average molecular weight is 439 g/mol. The number of hydrogen-bond acceptors (Lipinski definition) is 5. The summed E-state index contributed by atoms with van der Waals surface area (Å²) in [5.41, 5.74) is 4.15. The van der Waals surface area contributed by atoms with Crippen molar-refractivity contribution in [3.05, 3.63) is 47.0 Å². The number of aliphatic hydroxyl groups is 1. The Kier molecular flexibility index (Phi) is 5.99. The van der Waals surface area contributed by atoms with Crippen molar-refractivity contribution in [1.82, 2.24) is 19.9 Å². The molecule has 31 heavy (non-hydrogen) atoms. The van der Waals surface area contributed by atoms with Crippen LogP contribution in [0.4, 0.5) is 0 Å². The average Bonchev–Trinajstić information content (AvgIpc) is 3.45. The summed E-state index contributed by atoms with van der Waals surface area (Å²) < 4.78 is 0. The van der Waals surface area contributed by atoms with Gasteiger partial charge in [-0.2, -0.15) is 0 Å². The van der Waals surface area contributed by atoms with E-state index >= 15 is 0 Å². The molecule has 1 aliphatic heterocycles. The fourth-order valence-corrected chi connectivity index (χ4v) is 5.04. The fourth-order valence-electron chi connectivity index (χ4n) is 4.12. The number of hydrogen-bond donors (Lipinski definition) is 2. The number of carbonyl (C=O) groups excluding carboxylic acids is 1. The van der Waals surface area contributed by atoms with Gasteiger partial charge in [0.1, 0.15) is 5.82 Å². The van der Waals surface area contributed by atoms with Gasteiger partial charge in [0, 0.05) is 18.9 Å². The number of benzene rings is 1. The first-order valence-corrected chi connectivity index (χ1v) is 11.6. The summed E-state index contributed by atoms with van der Waals surface area (Å²) in [6.45, 7) is 10.5. The third kappa shape index (κ3) is 4.29. The number of amides is 1. The highest BCUT2D eigenvalue weighted by Crippen LogP contribution is 2.35. The van der Waals surface area contributed by atoms with Gasteiger partial charge in [-0.3, -0.25) is 4.79 Å². The van der Waals surface area contributed by atoms with Gasteiger partial charge in [-0.05, 0) is 30.9 Å². The molecule has 0 bridgehead atoms. The van der Waals surface area contributed by atoms with Crippen LogP contribution in [-0.4, -0.2) is 43.5 Å². The topological polar surface area (TPSA) is 82.1 Å². The monoisotopic (exact) mass is 438 g/mol. The maximum Gasteiger partial charge on any atom is 0.226 e. The number of aromatic amines is 1. The number of carbonyl (C=O) groups is 1. The normalized spacial score (nSPS) is 19.9. The summed E-state index contributed by atoms with van der Waals surface area (Å²) in [4.78, 5) is 28.4. The standard InChI is InChI=1S/C24H30N4O2S/c1-13(2)14(3)24(30)28-12-19(29)10-21(28)23-25-11-20(27-23)17-6-8-18(9-7-17)22-15(4)26-16(5)31-22/h6-9,11,13-14,19,21,29H,10,12H2,1-5H3,(H,25,27). The second-order valence-electron chi connectivity index (χ2n) is 8.84. The molecule has 3 unspecified atom stereocenters. The van der Waals surface area contributed by atoms with Crippen molar-refractivity contribution in [1.29, 1.82) is 0 Å². The van der Waals surface area contributed by atoms with Crippen LogP contribution in [0.1, 0.15) is 49.8 Å². The first-order chi connectivity index (χ1) is 14.7. The Labute approximate surface area is 187 Å². The van der Waals surface area contributed by atoms with Gasteiger partial charge in [0.15, 0.2) is 0 Å². The van der Waals surface area contributed by atoms with E-state index in [1.54, 1.807) is 16.2 Å². The Bertz CT molecular complexity index is 1070. The minimum absolute atomic E-state index is 0.0778. The van der Waals surface area contributed by atoms with E-state index in [0.29, 0.717) is 13.0 Å². The molecule has 1 fully saturated rings. The van der Waals surface area contributed by atoms with E-state index in [1.807, 2.05) is 40.8 Å². The van der Waals surface area contributed by atoms with Crippen LogP contribution in [0.2, 0.25) is 0 Å². The van der Waals surface area contributed by atoms with Crippen LogP contribution in [0.25, 0.3) is 21.7 Å². The zero-order chi connectivity index (χ0) is 22.3. The molecule has 3 atom stereocenters. The molecule has 2 aromatic heterocycles. The number of likely N-dealkylation sites (tertiary alicyclic amines) is 1. The molecule has 6 nitrogen and oxygen atoms in total. The number of nitrogens with zero attached hydrogens (tertiary/aromatic N) is 3. The van der Waals surface area contributed by atoms with Crippen LogP contribution >= 0.6 is 11.3 Å². The van der Waals surface area contributed by atoms with E-state index in [9.17, 15) is 9.90 Å². The van der Waals surface area contributed by atoms with Gasteiger partial charge in [0.05, 0.1) is 39.6 Å². The van der Waals surface area contributed by atoms with Crippen LogP contribution in [0.3, 0.4) is 0 Å². The van der Waals surface area contributed by atoms with E-state index in [4.69, 9.17) is 0 Å². The number of aromatic nitrogens is 3. The molecule has 0 spiro atoms. The van der Waals surface area contributed by atoms with Crippen molar-refractivity contribution >= 4 is 17.2 Å². The largest absolute Gasteiger partial charge is 0.391 e. The SMILES string of the molecule is Cc1nc(C)c(-c2ccc(-c3cnc(C4CC(O)CN4C(=O)C(C)C(C)C)[nH]3)cc2)s1. The molecule has 0 radical (unpaired) electrons. The Morgan fingerprint density at radius 3 is 2.48 bits per heavy atom. The molecule has 1 aliphatic rings. The lowest BCUT2D eigenvalue weighted by Gasteiger charge is -2.27. The predicted octanol–water partition coefficient (Wildman–Crippen LogP) is 4.74. The van der Waals surface area contributed by atoms with Gasteiger partial charge in [0.25, 0.3) is 0 Å². The Morgan fingerprint density at radius 1 is 1.19 bits per heavy atom. The number of H-pyrrole nitrogens is 1. The van der Waals surface area contributed by atoms with Gasteiger partial charge in [-0.1, -0.05) is 45.0 Å². The molecule has 4 rings (SSSR count). The maximum atomic E-state index is 13.0. The molecular weight excluding hydrogens is 408 g/mol. The van der Waals surface area contributed by atoms with Crippen molar-refractivity contribution in [3.63, 3.8) is 0 Å². The van der Waals surface area contributed by atoms with E-state index in [2.05, 4.69) is 39.2 Å². The fraction of sp³-hybridized carbons (Fsp3) is 0.458. The smallest absolute Gasteiger partial charge is 0.226 e. The van der Waals surface area contributed by atoms with Gasteiger partial charge >= 0.3 is 0 Å². The number of imidazole rings is 1. The summed E-state index contributed by atoms with van der Waals surface area (Å²) in [7, 11) is 0. The molecular formula is C24H30N4O2S. The Balaban J connectivity index is 1.56. The lowest BCUT2D eigenvalue weighted by Crippen LogP contribution is -2.37. The first kappa shape index (κ1) is 21.7. The second kappa shape index (κ2) is 8.55. The summed E-state index contributed by atoms with van der Waals surface area (Å²) in [6, 6.07) is 8.15. The highest BCUT2D eigenvalue weighted by molar-refractivity contribution is 7.15. The lowest BCUT2D eigenvalue weighted by atomic mass is 9.96. The Hall–Kier alpha value is -2.51. The van der Waals surface area contributed by atoms with Gasteiger partial charge in [-0.25, -0.2) is 9.97 Å². The molecule has 1 saturated heterocycles. The minimum Gasteiger partial charge on any atom is -0.391 e. The predicted molar refractivity (Wildman–Crippen MR) is 124 cm³/mol. The number of aryl methyl sites for hydroxylation is 2.